The Kier molecular flexibility index (Phi) is 7.54. The first-order valence-electron chi connectivity index (χ1n) is 7.24. The Bertz CT molecular complexity index is 322. The Morgan fingerprint density at radius 2 is 1.90 bits per heavy atom. The summed E-state index contributed by atoms with van der Waals surface area (Å²) in [6.07, 6.45) is 3.14. The molecule has 0 radical (unpaired) electrons. The summed E-state index contributed by atoms with van der Waals surface area (Å²) in [4.78, 5) is 25.3. The second-order valence-corrected chi connectivity index (χ2v) is 5.42. The van der Waals surface area contributed by atoms with E-state index in [0.717, 1.165) is 25.9 Å². The van der Waals surface area contributed by atoms with Crippen molar-refractivity contribution >= 4 is 11.9 Å². The highest BCUT2D eigenvalue weighted by molar-refractivity contribution is 5.84. The Morgan fingerprint density at radius 1 is 1.25 bits per heavy atom. The van der Waals surface area contributed by atoms with Crippen LogP contribution in [0.1, 0.15) is 25.7 Å². The Hall–Kier alpha value is -1.14. The summed E-state index contributed by atoms with van der Waals surface area (Å²) in [5.41, 5.74) is 0. The van der Waals surface area contributed by atoms with E-state index in [-0.39, 0.29) is 11.8 Å². The molecule has 0 aliphatic heterocycles. The zero-order chi connectivity index (χ0) is 15.0. The molecule has 116 valence electrons. The van der Waals surface area contributed by atoms with Crippen LogP contribution in [0.4, 0.5) is 0 Å². The van der Waals surface area contributed by atoms with Crippen LogP contribution in [0.25, 0.3) is 0 Å². The van der Waals surface area contributed by atoms with Gasteiger partial charge in [0.1, 0.15) is 0 Å². The van der Waals surface area contributed by atoms with E-state index in [1.807, 2.05) is 7.05 Å². The molecule has 6 heteroatoms. The number of carboxylic acid groups (broad SMARTS) is 1. The molecule has 0 aromatic rings. The molecule has 0 spiro atoms. The zero-order valence-electron chi connectivity index (χ0n) is 12.4. The molecule has 2 atom stereocenters. The van der Waals surface area contributed by atoms with E-state index < -0.39 is 11.9 Å². The summed E-state index contributed by atoms with van der Waals surface area (Å²) >= 11 is 0. The smallest absolute Gasteiger partial charge is 0.307 e. The van der Waals surface area contributed by atoms with E-state index in [4.69, 9.17) is 9.84 Å². The number of ether oxygens (including phenoxy) is 1. The van der Waals surface area contributed by atoms with Crippen LogP contribution in [0.5, 0.6) is 0 Å². The molecule has 1 aliphatic rings. The SMILES string of the molecule is COCCN(C)CCNC(=O)C1CCCCC1C(=O)O. The number of carbonyl (C=O) groups is 2. The van der Waals surface area contributed by atoms with Gasteiger partial charge in [-0.1, -0.05) is 12.8 Å². The van der Waals surface area contributed by atoms with Gasteiger partial charge >= 0.3 is 5.97 Å². The van der Waals surface area contributed by atoms with Crippen LogP contribution in [0.2, 0.25) is 0 Å². The predicted molar refractivity (Wildman–Crippen MR) is 75.5 cm³/mol. The molecule has 1 aliphatic carbocycles. The number of hydrogen-bond donors (Lipinski definition) is 2. The minimum Gasteiger partial charge on any atom is -0.481 e. The van der Waals surface area contributed by atoms with Crippen molar-refractivity contribution in [2.24, 2.45) is 11.8 Å². The third-order valence-corrected chi connectivity index (χ3v) is 3.89. The molecule has 6 nitrogen and oxygen atoms in total. The van der Waals surface area contributed by atoms with Crippen LogP contribution in [0, 0.1) is 11.8 Å². The number of carboxylic acids is 1. The quantitative estimate of drug-likeness (QED) is 0.682. The molecule has 2 unspecified atom stereocenters. The first kappa shape index (κ1) is 16.9. The molecule has 1 amide bonds. The van der Waals surface area contributed by atoms with E-state index in [1.165, 1.54) is 0 Å². The number of hydrogen-bond acceptors (Lipinski definition) is 4. The van der Waals surface area contributed by atoms with Crippen molar-refractivity contribution in [1.82, 2.24) is 10.2 Å². The minimum atomic E-state index is -0.845. The van der Waals surface area contributed by atoms with Crippen molar-refractivity contribution in [3.05, 3.63) is 0 Å². The van der Waals surface area contributed by atoms with Crippen LogP contribution >= 0.6 is 0 Å². The highest BCUT2D eigenvalue weighted by Gasteiger charge is 2.35. The lowest BCUT2D eigenvalue weighted by Crippen LogP contribution is -2.42. The van der Waals surface area contributed by atoms with Crippen LogP contribution in [0.3, 0.4) is 0 Å². The summed E-state index contributed by atoms with van der Waals surface area (Å²) in [5, 5.41) is 12.0. The summed E-state index contributed by atoms with van der Waals surface area (Å²) in [6.45, 7) is 2.75. The van der Waals surface area contributed by atoms with Gasteiger partial charge in [0, 0.05) is 26.7 Å². The van der Waals surface area contributed by atoms with Gasteiger partial charge in [0.15, 0.2) is 0 Å². The summed E-state index contributed by atoms with van der Waals surface area (Å²) in [6, 6.07) is 0. The molecule has 0 bridgehead atoms. The Morgan fingerprint density at radius 3 is 2.50 bits per heavy atom. The van der Waals surface area contributed by atoms with Crippen molar-refractivity contribution < 1.29 is 19.4 Å². The third kappa shape index (κ3) is 5.46. The molecule has 0 saturated heterocycles. The van der Waals surface area contributed by atoms with Crippen molar-refractivity contribution in [2.45, 2.75) is 25.7 Å². The summed E-state index contributed by atoms with van der Waals surface area (Å²) in [5.74, 6) is -1.85. The van der Waals surface area contributed by atoms with Crippen molar-refractivity contribution in [2.75, 3.05) is 40.4 Å². The van der Waals surface area contributed by atoms with Gasteiger partial charge in [0.2, 0.25) is 5.91 Å². The van der Waals surface area contributed by atoms with Crippen molar-refractivity contribution in [3.63, 3.8) is 0 Å². The maximum Gasteiger partial charge on any atom is 0.307 e. The minimum absolute atomic E-state index is 0.114. The average Bonchev–Trinajstić information content (AvgIpc) is 2.44. The van der Waals surface area contributed by atoms with Gasteiger partial charge in [-0.05, 0) is 19.9 Å². The number of methoxy groups -OCH3 is 1. The van der Waals surface area contributed by atoms with Gasteiger partial charge in [0.25, 0.3) is 0 Å². The van der Waals surface area contributed by atoms with Gasteiger partial charge in [-0.25, -0.2) is 0 Å². The lowest BCUT2D eigenvalue weighted by Gasteiger charge is -2.27. The lowest BCUT2D eigenvalue weighted by molar-refractivity contribution is -0.148. The molecule has 0 aromatic heterocycles. The monoisotopic (exact) mass is 286 g/mol. The number of likely N-dealkylation sites (N-methyl/N-ethyl adjacent to an activating group) is 1. The van der Waals surface area contributed by atoms with Crippen LogP contribution < -0.4 is 5.32 Å². The van der Waals surface area contributed by atoms with Crippen LogP contribution in [0.15, 0.2) is 0 Å². The van der Waals surface area contributed by atoms with Gasteiger partial charge in [-0.3, -0.25) is 9.59 Å². The maximum absolute atomic E-state index is 12.1. The Labute approximate surface area is 120 Å². The number of amides is 1. The molecule has 1 fully saturated rings. The number of rotatable bonds is 8. The average molecular weight is 286 g/mol. The molecule has 1 saturated carbocycles. The fourth-order valence-corrected chi connectivity index (χ4v) is 2.60. The number of carbonyl (C=O) groups excluding carboxylic acids is 1. The van der Waals surface area contributed by atoms with E-state index in [0.29, 0.717) is 26.0 Å². The topological polar surface area (TPSA) is 78.9 Å². The van der Waals surface area contributed by atoms with E-state index in [9.17, 15) is 9.59 Å². The molecular formula is C14H26N2O4. The summed E-state index contributed by atoms with van der Waals surface area (Å²) in [7, 11) is 3.62. The number of nitrogens with one attached hydrogen (secondary N) is 1. The molecular weight excluding hydrogens is 260 g/mol. The molecule has 2 N–H and O–H groups in total. The van der Waals surface area contributed by atoms with Crippen LogP contribution in [-0.2, 0) is 14.3 Å². The highest BCUT2D eigenvalue weighted by atomic mass is 16.5. The lowest BCUT2D eigenvalue weighted by atomic mass is 9.79. The van der Waals surface area contributed by atoms with Gasteiger partial charge in [-0.15, -0.1) is 0 Å². The molecule has 0 aromatic carbocycles. The fraction of sp³-hybridized carbons (Fsp3) is 0.857. The highest BCUT2D eigenvalue weighted by Crippen LogP contribution is 2.30. The van der Waals surface area contributed by atoms with Crippen molar-refractivity contribution in [1.29, 1.82) is 0 Å². The standard InChI is InChI=1S/C14H26N2O4/c1-16(9-10-20-2)8-7-15-13(17)11-5-3-4-6-12(11)14(18)19/h11-12H,3-10H2,1-2H3,(H,15,17)(H,18,19). The van der Waals surface area contributed by atoms with E-state index >= 15 is 0 Å². The van der Waals surface area contributed by atoms with Crippen molar-refractivity contribution in [3.8, 4) is 0 Å². The zero-order valence-corrected chi connectivity index (χ0v) is 12.4. The number of aliphatic carboxylic acids is 1. The molecule has 20 heavy (non-hydrogen) atoms. The summed E-state index contributed by atoms with van der Waals surface area (Å²) < 4.78 is 4.98. The molecule has 1 rings (SSSR count). The van der Waals surface area contributed by atoms with Gasteiger partial charge in [-0.2, -0.15) is 0 Å². The maximum atomic E-state index is 12.1. The van der Waals surface area contributed by atoms with Gasteiger partial charge in [0.05, 0.1) is 18.4 Å². The number of nitrogens with zero attached hydrogens (tertiary/aromatic N) is 1. The second-order valence-electron chi connectivity index (χ2n) is 5.42. The predicted octanol–water partition coefficient (Wildman–Crippen LogP) is 0.572. The van der Waals surface area contributed by atoms with E-state index in [2.05, 4.69) is 10.2 Å². The fourth-order valence-electron chi connectivity index (χ4n) is 2.60. The molecule has 0 heterocycles. The van der Waals surface area contributed by atoms with Gasteiger partial charge < -0.3 is 20.1 Å². The first-order valence-corrected chi connectivity index (χ1v) is 7.24. The van der Waals surface area contributed by atoms with E-state index in [1.54, 1.807) is 7.11 Å². The van der Waals surface area contributed by atoms with Crippen LogP contribution in [-0.4, -0.2) is 62.3 Å². The Balaban J connectivity index is 2.32. The first-order chi connectivity index (χ1) is 9.56. The third-order valence-electron chi connectivity index (χ3n) is 3.89. The largest absolute Gasteiger partial charge is 0.481 e. The second kappa shape index (κ2) is 8.92. The normalized spacial score (nSPS) is 22.8.